The normalized spacial score (nSPS) is 15.2. The van der Waals surface area contributed by atoms with Gasteiger partial charge in [-0.05, 0) is 36.4 Å². The predicted octanol–water partition coefficient (Wildman–Crippen LogP) is 3.70. The van der Waals surface area contributed by atoms with Gasteiger partial charge in [0.1, 0.15) is 17.3 Å². The molecule has 3 rings (SSSR count). The molecule has 0 saturated carbocycles. The van der Waals surface area contributed by atoms with Crippen molar-refractivity contribution in [3.63, 3.8) is 0 Å². The molecule has 1 fully saturated rings. The average molecular weight is 455 g/mol. The molecular weight excluding hydrogens is 435 g/mol. The van der Waals surface area contributed by atoms with Gasteiger partial charge < -0.3 is 9.64 Å². The Morgan fingerprint density at radius 1 is 1.03 bits per heavy atom. The van der Waals surface area contributed by atoms with Crippen LogP contribution in [0.2, 0.25) is 10.0 Å². The number of piperazine rings is 1. The average Bonchev–Trinajstić information content (AvgIpc) is 2.72. The highest BCUT2D eigenvalue weighted by atomic mass is 35.5. The van der Waals surface area contributed by atoms with Crippen LogP contribution in [0.5, 0.6) is 5.75 Å². The second-order valence-corrected chi connectivity index (χ2v) is 9.06. The molecule has 1 heterocycles. The first-order chi connectivity index (χ1) is 13.8. The Morgan fingerprint density at radius 2 is 1.62 bits per heavy atom. The number of carbonyl (C=O) groups is 1. The van der Waals surface area contributed by atoms with E-state index in [-0.39, 0.29) is 47.0 Å². The number of nitrogens with zero attached hydrogens (tertiary/aromatic N) is 2. The predicted molar refractivity (Wildman–Crippen MR) is 113 cm³/mol. The van der Waals surface area contributed by atoms with Crippen LogP contribution in [0.25, 0.3) is 0 Å². The van der Waals surface area contributed by atoms with Gasteiger partial charge >= 0.3 is 0 Å². The van der Waals surface area contributed by atoms with E-state index in [4.69, 9.17) is 27.9 Å². The number of ether oxygens (including phenoxy) is 1. The molecule has 1 amide bonds. The number of amides is 1. The highest BCUT2D eigenvalue weighted by molar-refractivity contribution is 7.89. The highest BCUT2D eigenvalue weighted by Gasteiger charge is 2.33. The van der Waals surface area contributed by atoms with Gasteiger partial charge in [-0.1, -0.05) is 41.9 Å². The lowest BCUT2D eigenvalue weighted by Crippen LogP contribution is -2.50. The molecule has 1 aliphatic rings. The van der Waals surface area contributed by atoms with Crippen LogP contribution in [-0.4, -0.2) is 56.3 Å². The van der Waals surface area contributed by atoms with E-state index in [1.807, 2.05) is 0 Å². The molecule has 0 aromatic heterocycles. The molecule has 9 heteroatoms. The van der Waals surface area contributed by atoms with Crippen LogP contribution in [0.1, 0.15) is 10.4 Å². The lowest BCUT2D eigenvalue weighted by Gasteiger charge is -2.34. The van der Waals surface area contributed by atoms with Gasteiger partial charge in [-0.3, -0.25) is 4.79 Å². The summed E-state index contributed by atoms with van der Waals surface area (Å²) in [6.07, 6.45) is 1.64. The molecule has 154 valence electrons. The van der Waals surface area contributed by atoms with Gasteiger partial charge in [0.15, 0.2) is 0 Å². The molecule has 1 saturated heterocycles. The molecule has 0 aliphatic carbocycles. The first kappa shape index (κ1) is 21.6. The molecule has 0 atom stereocenters. The summed E-state index contributed by atoms with van der Waals surface area (Å²) in [4.78, 5) is 14.2. The number of halogens is 2. The van der Waals surface area contributed by atoms with Crippen LogP contribution < -0.4 is 4.74 Å². The van der Waals surface area contributed by atoms with Crippen LogP contribution in [-0.2, 0) is 10.0 Å². The van der Waals surface area contributed by atoms with Gasteiger partial charge in [0, 0.05) is 31.7 Å². The third-order valence-corrected chi connectivity index (χ3v) is 7.37. The Balaban J connectivity index is 1.67. The topological polar surface area (TPSA) is 66.9 Å². The maximum absolute atomic E-state index is 12.9. The zero-order valence-electron chi connectivity index (χ0n) is 15.6. The maximum atomic E-state index is 12.9. The summed E-state index contributed by atoms with van der Waals surface area (Å²) in [6, 6.07) is 11.4. The molecule has 0 N–H and O–H groups in total. The fraction of sp³-hybridized carbons (Fsp3) is 0.250. The largest absolute Gasteiger partial charge is 0.490 e. The lowest BCUT2D eigenvalue weighted by molar-refractivity contribution is 0.0698. The molecule has 0 bridgehead atoms. The van der Waals surface area contributed by atoms with Crippen molar-refractivity contribution in [2.24, 2.45) is 0 Å². The number of carbonyl (C=O) groups excluding carboxylic acids is 1. The van der Waals surface area contributed by atoms with Crippen molar-refractivity contribution >= 4 is 39.1 Å². The zero-order valence-corrected chi connectivity index (χ0v) is 17.9. The molecule has 6 nitrogen and oxygen atoms in total. The minimum Gasteiger partial charge on any atom is -0.490 e. The van der Waals surface area contributed by atoms with Crippen LogP contribution in [0.3, 0.4) is 0 Å². The Labute approximate surface area is 180 Å². The molecule has 0 spiro atoms. The first-order valence-corrected chi connectivity index (χ1v) is 11.1. The number of rotatable bonds is 6. The van der Waals surface area contributed by atoms with Crippen LogP contribution in [0, 0.1) is 0 Å². The summed E-state index contributed by atoms with van der Waals surface area (Å²) in [6.45, 7) is 4.85. The third kappa shape index (κ3) is 4.75. The Bertz CT molecular complexity index is 981. The first-order valence-electron chi connectivity index (χ1n) is 8.92. The van der Waals surface area contributed by atoms with Gasteiger partial charge in [0.25, 0.3) is 5.91 Å². The van der Waals surface area contributed by atoms with Crippen LogP contribution in [0.4, 0.5) is 0 Å². The second-order valence-electron chi connectivity index (χ2n) is 6.37. The Morgan fingerprint density at radius 3 is 2.17 bits per heavy atom. The zero-order chi connectivity index (χ0) is 21.0. The third-order valence-electron chi connectivity index (χ3n) is 4.51. The molecule has 2 aromatic rings. The maximum Gasteiger partial charge on any atom is 0.253 e. The molecule has 2 aromatic carbocycles. The fourth-order valence-corrected chi connectivity index (χ4v) is 5.53. The minimum atomic E-state index is -3.84. The van der Waals surface area contributed by atoms with E-state index in [1.165, 1.54) is 16.4 Å². The van der Waals surface area contributed by atoms with E-state index >= 15 is 0 Å². The van der Waals surface area contributed by atoms with Crippen molar-refractivity contribution in [2.45, 2.75) is 4.90 Å². The van der Waals surface area contributed by atoms with Crippen molar-refractivity contribution in [1.29, 1.82) is 0 Å². The smallest absolute Gasteiger partial charge is 0.253 e. The Kier molecular flexibility index (Phi) is 6.85. The summed E-state index contributed by atoms with van der Waals surface area (Å²) in [7, 11) is -3.84. The van der Waals surface area contributed by atoms with Gasteiger partial charge in [-0.2, -0.15) is 4.31 Å². The standard InChI is InChI=1S/C20H20Cl2N2O4S/c1-2-14-28-16-8-6-15(7-9-16)20(25)23-10-12-24(13-11-23)29(26,27)19-17(21)4-3-5-18(19)22/h2-9H,1,10-14H2. The molecular formula is C20H20Cl2N2O4S. The highest BCUT2D eigenvalue weighted by Crippen LogP contribution is 2.32. The summed E-state index contributed by atoms with van der Waals surface area (Å²) in [5.74, 6) is 0.488. The Hall–Kier alpha value is -2.06. The summed E-state index contributed by atoms with van der Waals surface area (Å²) in [5.41, 5.74) is 0.515. The van der Waals surface area contributed by atoms with Crippen LogP contribution in [0.15, 0.2) is 60.0 Å². The summed E-state index contributed by atoms with van der Waals surface area (Å²) in [5, 5.41) is 0.157. The van der Waals surface area contributed by atoms with Gasteiger partial charge in [-0.15, -0.1) is 0 Å². The molecule has 0 unspecified atom stereocenters. The van der Waals surface area contributed by atoms with E-state index in [0.717, 1.165) is 0 Å². The summed E-state index contributed by atoms with van der Waals surface area (Å²) < 4.78 is 32.6. The number of benzene rings is 2. The quantitative estimate of drug-likeness (QED) is 0.623. The van der Waals surface area contributed by atoms with Crippen molar-refractivity contribution in [2.75, 3.05) is 32.8 Å². The van der Waals surface area contributed by atoms with Gasteiger partial charge in [0.05, 0.1) is 10.0 Å². The number of hydrogen-bond donors (Lipinski definition) is 0. The van der Waals surface area contributed by atoms with E-state index in [0.29, 0.717) is 17.9 Å². The fourth-order valence-electron chi connectivity index (χ4n) is 3.02. The van der Waals surface area contributed by atoms with Crippen LogP contribution >= 0.6 is 23.2 Å². The van der Waals surface area contributed by atoms with Crippen molar-refractivity contribution < 1.29 is 17.9 Å². The molecule has 1 aliphatic heterocycles. The molecule has 0 radical (unpaired) electrons. The molecule has 29 heavy (non-hydrogen) atoms. The van der Waals surface area contributed by atoms with Crippen molar-refractivity contribution in [3.05, 3.63) is 70.7 Å². The van der Waals surface area contributed by atoms with Crippen molar-refractivity contribution in [3.8, 4) is 5.75 Å². The van der Waals surface area contributed by atoms with E-state index in [1.54, 1.807) is 41.3 Å². The van der Waals surface area contributed by atoms with E-state index in [2.05, 4.69) is 6.58 Å². The SMILES string of the molecule is C=CCOc1ccc(C(=O)N2CCN(S(=O)(=O)c3c(Cl)cccc3Cl)CC2)cc1. The van der Waals surface area contributed by atoms with E-state index in [9.17, 15) is 13.2 Å². The van der Waals surface area contributed by atoms with Crippen molar-refractivity contribution in [1.82, 2.24) is 9.21 Å². The number of sulfonamides is 1. The number of hydrogen-bond acceptors (Lipinski definition) is 4. The summed E-state index contributed by atoms with van der Waals surface area (Å²) >= 11 is 12.1. The minimum absolute atomic E-state index is 0.0785. The second kappa shape index (κ2) is 9.17. The lowest BCUT2D eigenvalue weighted by atomic mass is 10.2. The monoisotopic (exact) mass is 454 g/mol. The van der Waals surface area contributed by atoms with Gasteiger partial charge in [-0.25, -0.2) is 8.42 Å². The van der Waals surface area contributed by atoms with Gasteiger partial charge in [0.2, 0.25) is 10.0 Å². The van der Waals surface area contributed by atoms with E-state index < -0.39 is 10.0 Å².